The largest absolute Gasteiger partial charge is 0.390 e. The first-order chi connectivity index (χ1) is 10.2. The van der Waals surface area contributed by atoms with Crippen LogP contribution in [0.5, 0.6) is 0 Å². The second kappa shape index (κ2) is 4.85. The van der Waals surface area contributed by atoms with Gasteiger partial charge in [-0.1, -0.05) is 12.1 Å². The second-order valence-electron chi connectivity index (χ2n) is 7.04. The molecular formula is C18H24N2O2. The van der Waals surface area contributed by atoms with E-state index in [4.69, 9.17) is 4.52 Å². The molecule has 3 rings (SSSR count). The first-order valence-corrected chi connectivity index (χ1v) is 7.76. The van der Waals surface area contributed by atoms with E-state index in [2.05, 4.69) is 36.5 Å². The smallest absolute Gasteiger partial charge is 0.141 e. The molecule has 1 aromatic heterocycles. The lowest BCUT2D eigenvalue weighted by molar-refractivity contribution is 0.0869. The molecule has 4 nitrogen and oxygen atoms in total. The zero-order valence-electron chi connectivity index (χ0n) is 14.1. The van der Waals surface area contributed by atoms with E-state index >= 15 is 0 Å². The van der Waals surface area contributed by atoms with Crippen LogP contribution >= 0.6 is 0 Å². The van der Waals surface area contributed by atoms with Crippen LogP contribution in [0.15, 0.2) is 16.7 Å². The Morgan fingerprint density at radius 2 is 1.91 bits per heavy atom. The van der Waals surface area contributed by atoms with Crippen LogP contribution in [0.3, 0.4) is 0 Å². The average Bonchev–Trinajstić information content (AvgIpc) is 2.77. The van der Waals surface area contributed by atoms with Gasteiger partial charge in [0.25, 0.3) is 0 Å². The molecule has 2 aromatic rings. The maximum atomic E-state index is 10.6. The van der Waals surface area contributed by atoms with Gasteiger partial charge in [0.15, 0.2) is 0 Å². The summed E-state index contributed by atoms with van der Waals surface area (Å²) in [6.07, 6.45) is -0.431. The summed E-state index contributed by atoms with van der Waals surface area (Å²) in [5.41, 5.74) is 6.20. The van der Waals surface area contributed by atoms with Gasteiger partial charge >= 0.3 is 0 Å². The van der Waals surface area contributed by atoms with Gasteiger partial charge in [-0.15, -0.1) is 0 Å². The number of hydrogen-bond donors (Lipinski definition) is 2. The van der Waals surface area contributed by atoms with Crippen molar-refractivity contribution in [1.82, 2.24) is 5.16 Å². The van der Waals surface area contributed by atoms with E-state index in [-0.39, 0.29) is 11.5 Å². The van der Waals surface area contributed by atoms with Gasteiger partial charge in [0.05, 0.1) is 17.3 Å². The molecule has 22 heavy (non-hydrogen) atoms. The molecule has 0 radical (unpaired) electrons. The fourth-order valence-corrected chi connectivity index (χ4v) is 3.57. The number of aliphatic hydroxyl groups excluding tert-OH is 1. The molecule has 0 aliphatic carbocycles. The van der Waals surface area contributed by atoms with Crippen LogP contribution in [0.4, 0.5) is 5.69 Å². The molecule has 0 saturated heterocycles. The first-order valence-electron chi connectivity index (χ1n) is 7.76. The summed E-state index contributed by atoms with van der Waals surface area (Å²) in [5.74, 6) is 0.902. The van der Waals surface area contributed by atoms with Crippen LogP contribution < -0.4 is 5.32 Å². The Bertz CT molecular complexity index is 711. The van der Waals surface area contributed by atoms with Gasteiger partial charge in [0, 0.05) is 17.2 Å². The minimum atomic E-state index is -0.431. The molecule has 2 heterocycles. The molecule has 0 bridgehead atoms. The maximum absolute atomic E-state index is 10.6. The Balaban J connectivity index is 2.19. The maximum Gasteiger partial charge on any atom is 0.141 e. The highest BCUT2D eigenvalue weighted by Gasteiger charge is 2.39. The van der Waals surface area contributed by atoms with Crippen molar-refractivity contribution >= 4 is 5.69 Å². The van der Waals surface area contributed by atoms with Gasteiger partial charge in [-0.05, 0) is 63.4 Å². The van der Waals surface area contributed by atoms with Crippen molar-refractivity contribution in [3.63, 3.8) is 0 Å². The Kier molecular flexibility index (Phi) is 3.33. The molecule has 2 atom stereocenters. The van der Waals surface area contributed by atoms with Crippen molar-refractivity contribution in [3.8, 4) is 11.1 Å². The number of aliphatic hydroxyl groups is 1. The molecule has 1 aliphatic heterocycles. The SMILES string of the molecule is Cc1cc(-c2c(C)noc2C)cc2c1NC(C)(C)[C@@H](O)[C@@H]2C. The van der Waals surface area contributed by atoms with E-state index in [0.29, 0.717) is 0 Å². The first kappa shape index (κ1) is 15.1. The molecule has 0 unspecified atom stereocenters. The zero-order chi connectivity index (χ0) is 16.2. The summed E-state index contributed by atoms with van der Waals surface area (Å²) in [6.45, 7) is 12.2. The lowest BCUT2D eigenvalue weighted by atomic mass is 9.77. The summed E-state index contributed by atoms with van der Waals surface area (Å²) in [5, 5.41) is 18.1. The highest BCUT2D eigenvalue weighted by Crippen LogP contribution is 2.43. The molecule has 118 valence electrons. The summed E-state index contributed by atoms with van der Waals surface area (Å²) in [4.78, 5) is 0. The van der Waals surface area contributed by atoms with Crippen molar-refractivity contribution in [3.05, 3.63) is 34.7 Å². The standard InChI is InChI=1S/C18H24N2O2/c1-9-7-13(15-11(3)20-22-12(15)4)8-14-10(2)17(21)18(5,6)19-16(9)14/h7-8,10,17,19,21H,1-6H3/t10-,17+/m1/s1. The fourth-order valence-electron chi connectivity index (χ4n) is 3.57. The molecule has 1 aromatic carbocycles. The van der Waals surface area contributed by atoms with E-state index in [0.717, 1.165) is 33.8 Å². The van der Waals surface area contributed by atoms with E-state index in [1.165, 1.54) is 5.56 Å². The quantitative estimate of drug-likeness (QED) is 0.837. The topological polar surface area (TPSA) is 58.3 Å². The number of nitrogens with one attached hydrogen (secondary N) is 1. The van der Waals surface area contributed by atoms with Crippen LogP contribution in [0, 0.1) is 20.8 Å². The van der Waals surface area contributed by atoms with Crippen LogP contribution in [0.1, 0.15) is 49.3 Å². The van der Waals surface area contributed by atoms with E-state index in [9.17, 15) is 5.11 Å². The Labute approximate surface area is 131 Å². The number of anilines is 1. The highest BCUT2D eigenvalue weighted by atomic mass is 16.5. The molecule has 1 aliphatic rings. The van der Waals surface area contributed by atoms with E-state index in [1.54, 1.807) is 0 Å². The number of rotatable bonds is 1. The third-order valence-electron chi connectivity index (χ3n) is 4.84. The molecule has 0 amide bonds. The lowest BCUT2D eigenvalue weighted by Crippen LogP contribution is -2.50. The van der Waals surface area contributed by atoms with E-state index < -0.39 is 6.10 Å². The second-order valence-corrected chi connectivity index (χ2v) is 7.04. The fraction of sp³-hybridized carbons (Fsp3) is 0.500. The normalized spacial score (nSPS) is 23.0. The average molecular weight is 300 g/mol. The minimum Gasteiger partial charge on any atom is -0.390 e. The Morgan fingerprint density at radius 1 is 1.23 bits per heavy atom. The van der Waals surface area contributed by atoms with E-state index in [1.807, 2.05) is 27.7 Å². The molecule has 2 N–H and O–H groups in total. The lowest BCUT2D eigenvalue weighted by Gasteiger charge is -2.43. The van der Waals surface area contributed by atoms with Crippen LogP contribution in [0.2, 0.25) is 0 Å². The van der Waals surface area contributed by atoms with Gasteiger partial charge in [0.1, 0.15) is 5.76 Å². The van der Waals surface area contributed by atoms with Gasteiger partial charge in [-0.3, -0.25) is 0 Å². The van der Waals surface area contributed by atoms with Crippen molar-refractivity contribution in [2.75, 3.05) is 5.32 Å². The summed E-state index contributed by atoms with van der Waals surface area (Å²) < 4.78 is 5.30. The number of fused-ring (bicyclic) bond motifs is 1. The monoisotopic (exact) mass is 300 g/mol. The number of nitrogens with zero attached hydrogens (tertiary/aromatic N) is 1. The van der Waals surface area contributed by atoms with Gasteiger partial charge in [-0.25, -0.2) is 0 Å². The van der Waals surface area contributed by atoms with Crippen LogP contribution in [-0.4, -0.2) is 21.9 Å². The molecular weight excluding hydrogens is 276 g/mol. The van der Waals surface area contributed by atoms with Gasteiger partial charge in [-0.2, -0.15) is 0 Å². The van der Waals surface area contributed by atoms with Crippen molar-refractivity contribution < 1.29 is 9.63 Å². The van der Waals surface area contributed by atoms with Gasteiger partial charge < -0.3 is 14.9 Å². The number of aromatic nitrogens is 1. The highest BCUT2D eigenvalue weighted by molar-refractivity contribution is 5.75. The number of aryl methyl sites for hydroxylation is 3. The molecule has 0 fully saturated rings. The van der Waals surface area contributed by atoms with Crippen LogP contribution in [0.25, 0.3) is 11.1 Å². The van der Waals surface area contributed by atoms with Crippen molar-refractivity contribution in [2.45, 2.75) is 59.1 Å². The predicted octanol–water partition coefficient (Wildman–Crippen LogP) is 3.94. The van der Waals surface area contributed by atoms with Crippen molar-refractivity contribution in [1.29, 1.82) is 0 Å². The third kappa shape index (κ3) is 2.13. The predicted molar refractivity (Wildman–Crippen MR) is 88.3 cm³/mol. The molecule has 0 saturated carbocycles. The summed E-state index contributed by atoms with van der Waals surface area (Å²) in [7, 11) is 0. The Hall–Kier alpha value is -1.81. The minimum absolute atomic E-state index is 0.0744. The van der Waals surface area contributed by atoms with Gasteiger partial charge in [0.2, 0.25) is 0 Å². The Morgan fingerprint density at radius 3 is 2.50 bits per heavy atom. The zero-order valence-corrected chi connectivity index (χ0v) is 14.1. The third-order valence-corrected chi connectivity index (χ3v) is 4.84. The molecule has 4 heteroatoms. The molecule has 0 spiro atoms. The summed E-state index contributed by atoms with van der Waals surface area (Å²) in [6, 6.07) is 4.32. The van der Waals surface area contributed by atoms with Crippen LogP contribution in [-0.2, 0) is 0 Å². The number of hydrogen-bond acceptors (Lipinski definition) is 4. The number of benzene rings is 1. The summed E-state index contributed by atoms with van der Waals surface area (Å²) >= 11 is 0. The van der Waals surface area contributed by atoms with Crippen molar-refractivity contribution in [2.24, 2.45) is 0 Å².